The lowest BCUT2D eigenvalue weighted by Gasteiger charge is -2.23. The fourth-order valence-electron chi connectivity index (χ4n) is 3.13. The molecule has 0 aliphatic heterocycles. The van der Waals surface area contributed by atoms with E-state index in [1.807, 2.05) is 25.7 Å². The molecule has 2 aromatic rings. The molecule has 0 bridgehead atoms. The highest BCUT2D eigenvalue weighted by atomic mass is 16.5. The zero-order valence-corrected chi connectivity index (χ0v) is 17.5. The molecule has 1 aromatic carbocycles. The van der Waals surface area contributed by atoms with Crippen molar-refractivity contribution in [1.29, 1.82) is 0 Å². The van der Waals surface area contributed by atoms with Crippen LogP contribution >= 0.6 is 0 Å². The van der Waals surface area contributed by atoms with Crippen molar-refractivity contribution in [3.8, 4) is 0 Å². The van der Waals surface area contributed by atoms with E-state index in [0.717, 1.165) is 24.8 Å². The van der Waals surface area contributed by atoms with E-state index >= 15 is 0 Å². The van der Waals surface area contributed by atoms with Gasteiger partial charge in [0.15, 0.2) is 5.96 Å². The van der Waals surface area contributed by atoms with Gasteiger partial charge in [-0.05, 0) is 24.0 Å². The molecule has 1 heterocycles. The summed E-state index contributed by atoms with van der Waals surface area (Å²) in [6.45, 7) is 9.20. The highest BCUT2D eigenvalue weighted by molar-refractivity contribution is 5.79. The maximum Gasteiger partial charge on any atom is 0.193 e. The highest BCUT2D eigenvalue weighted by Crippen LogP contribution is 2.18. The van der Waals surface area contributed by atoms with Crippen molar-refractivity contribution in [2.75, 3.05) is 20.7 Å². The molecular formula is C21H33N5O. The first kappa shape index (κ1) is 21.0. The average molecular weight is 372 g/mol. The molecule has 6 nitrogen and oxygen atoms in total. The number of aryl methyl sites for hydroxylation is 1. The minimum absolute atomic E-state index is 0.398. The molecule has 148 valence electrons. The average Bonchev–Trinajstić information content (AvgIpc) is 3.01. The maximum atomic E-state index is 5.58. The van der Waals surface area contributed by atoms with Crippen LogP contribution < -0.4 is 5.32 Å². The first-order valence-corrected chi connectivity index (χ1v) is 9.54. The van der Waals surface area contributed by atoms with E-state index in [2.05, 4.69) is 71.7 Å². The van der Waals surface area contributed by atoms with Gasteiger partial charge in [-0.3, -0.25) is 9.67 Å². The van der Waals surface area contributed by atoms with Gasteiger partial charge in [-0.15, -0.1) is 0 Å². The molecule has 0 spiro atoms. The Morgan fingerprint density at radius 1 is 1.26 bits per heavy atom. The van der Waals surface area contributed by atoms with Gasteiger partial charge >= 0.3 is 0 Å². The van der Waals surface area contributed by atoms with E-state index in [4.69, 9.17) is 4.74 Å². The number of guanidine groups is 1. The summed E-state index contributed by atoms with van der Waals surface area (Å²) in [5.41, 5.74) is 4.81. The SMILES string of the molecule is CCOCc1ccccc1CNC(=NC)N(C)Cc1cn(C)nc1C(C)C. The fourth-order valence-corrected chi connectivity index (χ4v) is 3.13. The minimum Gasteiger partial charge on any atom is -0.377 e. The molecule has 0 aliphatic rings. The second kappa shape index (κ2) is 10.1. The summed E-state index contributed by atoms with van der Waals surface area (Å²) in [7, 11) is 5.84. The monoisotopic (exact) mass is 371 g/mol. The van der Waals surface area contributed by atoms with Crippen LogP contribution in [0.25, 0.3) is 0 Å². The molecule has 6 heteroatoms. The summed E-state index contributed by atoms with van der Waals surface area (Å²) < 4.78 is 7.47. The summed E-state index contributed by atoms with van der Waals surface area (Å²) >= 11 is 0. The highest BCUT2D eigenvalue weighted by Gasteiger charge is 2.15. The zero-order chi connectivity index (χ0) is 19.8. The maximum absolute atomic E-state index is 5.58. The Balaban J connectivity index is 2.04. The number of hydrogen-bond acceptors (Lipinski definition) is 3. The van der Waals surface area contributed by atoms with E-state index in [-0.39, 0.29) is 0 Å². The van der Waals surface area contributed by atoms with Crippen molar-refractivity contribution in [3.63, 3.8) is 0 Å². The molecule has 2 rings (SSSR count). The Kier molecular flexibility index (Phi) is 7.85. The molecule has 0 atom stereocenters. The summed E-state index contributed by atoms with van der Waals surface area (Å²) in [6.07, 6.45) is 2.09. The fraction of sp³-hybridized carbons (Fsp3) is 0.524. The first-order chi connectivity index (χ1) is 13.0. The first-order valence-electron chi connectivity index (χ1n) is 9.54. The predicted octanol–water partition coefficient (Wildman–Crippen LogP) is 3.29. The van der Waals surface area contributed by atoms with E-state index < -0.39 is 0 Å². The molecule has 27 heavy (non-hydrogen) atoms. The molecule has 1 aromatic heterocycles. The van der Waals surface area contributed by atoms with Gasteiger partial charge in [-0.1, -0.05) is 38.1 Å². The quantitative estimate of drug-likeness (QED) is 0.571. The van der Waals surface area contributed by atoms with Crippen LogP contribution in [-0.2, 0) is 31.5 Å². The number of ether oxygens (including phenoxy) is 1. The van der Waals surface area contributed by atoms with Crippen LogP contribution in [0.5, 0.6) is 0 Å². The smallest absolute Gasteiger partial charge is 0.193 e. The van der Waals surface area contributed by atoms with Gasteiger partial charge in [-0.2, -0.15) is 5.10 Å². The van der Waals surface area contributed by atoms with Crippen molar-refractivity contribution in [2.45, 2.75) is 46.4 Å². The van der Waals surface area contributed by atoms with E-state index in [1.165, 1.54) is 16.7 Å². The molecule has 0 saturated carbocycles. The number of aliphatic imine (C=N–C) groups is 1. The van der Waals surface area contributed by atoms with Gasteiger partial charge in [0.2, 0.25) is 0 Å². The molecular weight excluding hydrogens is 338 g/mol. The zero-order valence-electron chi connectivity index (χ0n) is 17.5. The molecule has 1 N–H and O–H groups in total. The number of hydrogen-bond donors (Lipinski definition) is 1. The van der Waals surface area contributed by atoms with Crippen LogP contribution in [0.4, 0.5) is 0 Å². The van der Waals surface area contributed by atoms with Gasteiger partial charge in [0.05, 0.1) is 12.3 Å². The van der Waals surface area contributed by atoms with Gasteiger partial charge < -0.3 is 15.0 Å². The Hall–Kier alpha value is -2.34. The molecule has 0 saturated heterocycles. The third kappa shape index (κ3) is 5.82. The van der Waals surface area contributed by atoms with Crippen LogP contribution in [0.2, 0.25) is 0 Å². The third-order valence-electron chi connectivity index (χ3n) is 4.48. The number of aromatic nitrogens is 2. The van der Waals surface area contributed by atoms with Crippen LogP contribution in [0.3, 0.4) is 0 Å². The number of benzene rings is 1. The topological polar surface area (TPSA) is 54.7 Å². The number of rotatable bonds is 8. The molecule has 0 amide bonds. The lowest BCUT2D eigenvalue weighted by Crippen LogP contribution is -2.38. The summed E-state index contributed by atoms with van der Waals surface area (Å²) in [5, 5.41) is 8.07. The second-order valence-electron chi connectivity index (χ2n) is 7.03. The third-order valence-corrected chi connectivity index (χ3v) is 4.48. The van der Waals surface area contributed by atoms with Gasteiger partial charge in [0.25, 0.3) is 0 Å². The molecule has 0 radical (unpaired) electrons. The lowest BCUT2D eigenvalue weighted by atomic mass is 10.1. The van der Waals surface area contributed by atoms with Gasteiger partial charge in [-0.25, -0.2) is 0 Å². The van der Waals surface area contributed by atoms with Gasteiger partial charge in [0.1, 0.15) is 0 Å². The van der Waals surface area contributed by atoms with Crippen LogP contribution in [0.15, 0.2) is 35.5 Å². The van der Waals surface area contributed by atoms with Crippen molar-refractivity contribution in [3.05, 3.63) is 52.8 Å². The Morgan fingerprint density at radius 2 is 1.96 bits per heavy atom. The van der Waals surface area contributed by atoms with Crippen molar-refractivity contribution in [2.24, 2.45) is 12.0 Å². The second-order valence-corrected chi connectivity index (χ2v) is 7.03. The van der Waals surface area contributed by atoms with Crippen LogP contribution in [0.1, 0.15) is 49.1 Å². The standard InChI is InChI=1S/C21H33N5O/c1-7-27-15-18-11-9-8-10-17(18)12-23-21(22-4)25(5)13-19-14-26(6)24-20(19)16(2)3/h8-11,14,16H,7,12-13,15H2,1-6H3,(H,22,23). The summed E-state index contributed by atoms with van der Waals surface area (Å²) in [6, 6.07) is 8.36. The molecule has 0 aliphatic carbocycles. The Bertz CT molecular complexity index is 751. The van der Waals surface area contributed by atoms with Crippen molar-refractivity contribution in [1.82, 2.24) is 20.0 Å². The van der Waals surface area contributed by atoms with E-state index in [9.17, 15) is 0 Å². The van der Waals surface area contributed by atoms with Gasteiger partial charge in [0, 0.05) is 52.6 Å². The largest absolute Gasteiger partial charge is 0.377 e. The summed E-state index contributed by atoms with van der Waals surface area (Å²) in [5.74, 6) is 1.26. The van der Waals surface area contributed by atoms with E-state index in [0.29, 0.717) is 19.1 Å². The lowest BCUT2D eigenvalue weighted by molar-refractivity contribution is 0.133. The summed E-state index contributed by atoms with van der Waals surface area (Å²) in [4.78, 5) is 6.58. The predicted molar refractivity (Wildman–Crippen MR) is 111 cm³/mol. The van der Waals surface area contributed by atoms with Crippen LogP contribution in [0, 0.1) is 0 Å². The Labute approximate surface area is 163 Å². The van der Waals surface area contributed by atoms with Crippen LogP contribution in [-0.4, -0.2) is 41.3 Å². The molecule has 0 fully saturated rings. The molecule has 0 unspecified atom stereocenters. The number of nitrogens with one attached hydrogen (secondary N) is 1. The van der Waals surface area contributed by atoms with Crippen molar-refractivity contribution >= 4 is 5.96 Å². The Morgan fingerprint density at radius 3 is 2.59 bits per heavy atom. The van der Waals surface area contributed by atoms with Crippen molar-refractivity contribution < 1.29 is 4.74 Å². The number of nitrogens with zero attached hydrogens (tertiary/aromatic N) is 4. The normalized spacial score (nSPS) is 11.9. The van der Waals surface area contributed by atoms with E-state index in [1.54, 1.807) is 0 Å². The minimum atomic E-state index is 0.398.